The summed E-state index contributed by atoms with van der Waals surface area (Å²) in [5, 5.41) is 2.90. The molecule has 0 saturated carbocycles. The third-order valence-corrected chi connectivity index (χ3v) is 3.68. The Morgan fingerprint density at radius 1 is 1.21 bits per heavy atom. The Bertz CT molecular complexity index is 260. The van der Waals surface area contributed by atoms with Crippen LogP contribution >= 0.6 is 0 Å². The lowest BCUT2D eigenvalue weighted by atomic mass is 10.0. The average Bonchev–Trinajstić information content (AvgIpc) is 2.98. The molecule has 5 nitrogen and oxygen atoms in total. The molecule has 2 fully saturated rings. The Kier molecular flexibility index (Phi) is 6.61. The van der Waals surface area contributed by atoms with Crippen LogP contribution in [0.2, 0.25) is 0 Å². The maximum absolute atomic E-state index is 11.6. The van der Waals surface area contributed by atoms with E-state index in [9.17, 15) is 4.79 Å². The third-order valence-electron chi connectivity index (χ3n) is 3.68. The van der Waals surface area contributed by atoms with Crippen molar-refractivity contribution in [3.8, 4) is 0 Å². The summed E-state index contributed by atoms with van der Waals surface area (Å²) >= 11 is 0. The predicted octanol–water partition coefficient (Wildman–Crippen LogP) is 1.11. The van der Waals surface area contributed by atoms with E-state index >= 15 is 0 Å². The second-order valence-electron chi connectivity index (χ2n) is 5.28. The molecule has 19 heavy (non-hydrogen) atoms. The Morgan fingerprint density at radius 2 is 2.05 bits per heavy atom. The first-order valence-electron chi connectivity index (χ1n) is 7.41. The van der Waals surface area contributed by atoms with Crippen LogP contribution in [-0.4, -0.2) is 51.6 Å². The first-order valence-corrected chi connectivity index (χ1v) is 7.41. The first-order chi connectivity index (χ1) is 9.36. The van der Waals surface area contributed by atoms with Gasteiger partial charge < -0.3 is 19.5 Å². The number of carbonyl (C=O) groups excluding carboxylic acids is 1. The van der Waals surface area contributed by atoms with Gasteiger partial charge in [-0.1, -0.05) is 0 Å². The Balaban J connectivity index is 1.42. The third kappa shape index (κ3) is 5.47. The van der Waals surface area contributed by atoms with Crippen molar-refractivity contribution in [1.82, 2.24) is 5.32 Å². The Hall–Kier alpha value is -0.650. The zero-order valence-corrected chi connectivity index (χ0v) is 11.6. The van der Waals surface area contributed by atoms with Crippen LogP contribution in [0.25, 0.3) is 0 Å². The zero-order valence-electron chi connectivity index (χ0n) is 11.6. The number of hydrogen-bond donors (Lipinski definition) is 1. The topological polar surface area (TPSA) is 56.8 Å². The first kappa shape index (κ1) is 14.8. The predicted molar refractivity (Wildman–Crippen MR) is 71.0 cm³/mol. The quantitative estimate of drug-likeness (QED) is 0.705. The fourth-order valence-corrected chi connectivity index (χ4v) is 2.45. The van der Waals surface area contributed by atoms with E-state index in [0.717, 1.165) is 51.9 Å². The molecule has 2 heterocycles. The summed E-state index contributed by atoms with van der Waals surface area (Å²) < 4.78 is 16.3. The molecule has 0 bridgehead atoms. The normalized spacial score (nSPS) is 24.5. The van der Waals surface area contributed by atoms with Gasteiger partial charge in [0.2, 0.25) is 5.91 Å². The van der Waals surface area contributed by atoms with Gasteiger partial charge in [-0.05, 0) is 38.0 Å². The van der Waals surface area contributed by atoms with Crippen LogP contribution < -0.4 is 5.32 Å². The van der Waals surface area contributed by atoms with E-state index in [2.05, 4.69) is 5.32 Å². The van der Waals surface area contributed by atoms with E-state index in [-0.39, 0.29) is 12.0 Å². The molecule has 1 amide bonds. The maximum atomic E-state index is 11.6. The molecule has 0 aliphatic carbocycles. The van der Waals surface area contributed by atoms with Crippen molar-refractivity contribution in [3.05, 3.63) is 0 Å². The minimum Gasteiger partial charge on any atom is -0.381 e. The minimum atomic E-state index is -0.219. The van der Waals surface area contributed by atoms with E-state index in [1.54, 1.807) is 0 Å². The van der Waals surface area contributed by atoms with E-state index in [1.807, 2.05) is 0 Å². The lowest BCUT2D eigenvalue weighted by Gasteiger charge is -2.21. The fourth-order valence-electron chi connectivity index (χ4n) is 2.45. The van der Waals surface area contributed by atoms with Gasteiger partial charge in [0, 0.05) is 39.6 Å². The van der Waals surface area contributed by atoms with Gasteiger partial charge in [-0.15, -0.1) is 0 Å². The van der Waals surface area contributed by atoms with Crippen LogP contribution in [0.15, 0.2) is 0 Å². The smallest absolute Gasteiger partial charge is 0.249 e. The summed E-state index contributed by atoms with van der Waals surface area (Å²) in [6.07, 6.45) is 4.70. The number of nitrogens with one attached hydrogen (secondary N) is 1. The summed E-state index contributed by atoms with van der Waals surface area (Å²) in [5.41, 5.74) is 0. The molecule has 110 valence electrons. The van der Waals surface area contributed by atoms with Crippen LogP contribution in [0.4, 0.5) is 0 Å². The van der Waals surface area contributed by atoms with Gasteiger partial charge in [-0.25, -0.2) is 0 Å². The van der Waals surface area contributed by atoms with Crippen molar-refractivity contribution < 1.29 is 19.0 Å². The van der Waals surface area contributed by atoms with Crippen LogP contribution in [0, 0.1) is 5.92 Å². The number of carbonyl (C=O) groups is 1. The molecule has 1 unspecified atom stereocenters. The number of ether oxygens (including phenoxy) is 3. The molecule has 5 heteroatoms. The van der Waals surface area contributed by atoms with Crippen molar-refractivity contribution in [3.63, 3.8) is 0 Å². The van der Waals surface area contributed by atoms with Crippen molar-refractivity contribution in [2.45, 2.75) is 38.2 Å². The molecule has 2 aliphatic heterocycles. The highest BCUT2D eigenvalue weighted by Crippen LogP contribution is 2.14. The highest BCUT2D eigenvalue weighted by atomic mass is 16.5. The number of rotatable bonds is 7. The molecule has 0 spiro atoms. The summed E-state index contributed by atoms with van der Waals surface area (Å²) in [4.78, 5) is 11.6. The molecule has 2 saturated heterocycles. The monoisotopic (exact) mass is 271 g/mol. The summed E-state index contributed by atoms with van der Waals surface area (Å²) in [7, 11) is 0. The van der Waals surface area contributed by atoms with Gasteiger partial charge in [0.25, 0.3) is 0 Å². The number of amides is 1. The van der Waals surface area contributed by atoms with Crippen LogP contribution in [-0.2, 0) is 19.0 Å². The highest BCUT2D eigenvalue weighted by molar-refractivity contribution is 5.80. The minimum absolute atomic E-state index is 0.0296. The lowest BCUT2D eigenvalue weighted by Crippen LogP contribution is -2.35. The van der Waals surface area contributed by atoms with Gasteiger partial charge in [-0.2, -0.15) is 0 Å². The van der Waals surface area contributed by atoms with Crippen molar-refractivity contribution in [2.24, 2.45) is 5.92 Å². The molecular weight excluding hydrogens is 246 g/mol. The van der Waals surface area contributed by atoms with Gasteiger partial charge in [0.05, 0.1) is 0 Å². The van der Waals surface area contributed by atoms with Crippen LogP contribution in [0.5, 0.6) is 0 Å². The maximum Gasteiger partial charge on any atom is 0.249 e. The lowest BCUT2D eigenvalue weighted by molar-refractivity contribution is -0.130. The Morgan fingerprint density at radius 3 is 2.79 bits per heavy atom. The van der Waals surface area contributed by atoms with Gasteiger partial charge in [0.15, 0.2) is 0 Å². The van der Waals surface area contributed by atoms with E-state index in [1.165, 1.54) is 0 Å². The van der Waals surface area contributed by atoms with Crippen molar-refractivity contribution in [2.75, 3.05) is 39.6 Å². The molecule has 1 atom stereocenters. The zero-order chi connectivity index (χ0) is 13.3. The standard InChI is InChI=1S/C14H25NO4/c16-14(13-3-1-8-19-13)15-6-2-7-18-11-12-4-9-17-10-5-12/h12-13H,1-11H2,(H,15,16). The summed E-state index contributed by atoms with van der Waals surface area (Å²) in [6, 6.07) is 0. The van der Waals surface area contributed by atoms with Crippen molar-refractivity contribution in [1.29, 1.82) is 0 Å². The van der Waals surface area contributed by atoms with E-state index < -0.39 is 0 Å². The van der Waals surface area contributed by atoms with E-state index in [4.69, 9.17) is 14.2 Å². The van der Waals surface area contributed by atoms with Gasteiger partial charge in [-0.3, -0.25) is 4.79 Å². The van der Waals surface area contributed by atoms with Gasteiger partial charge >= 0.3 is 0 Å². The second-order valence-corrected chi connectivity index (χ2v) is 5.28. The molecule has 0 aromatic rings. The Labute approximate surface area is 115 Å². The van der Waals surface area contributed by atoms with Crippen LogP contribution in [0.3, 0.4) is 0 Å². The van der Waals surface area contributed by atoms with Crippen molar-refractivity contribution >= 4 is 5.91 Å². The molecular formula is C14H25NO4. The molecule has 0 aromatic heterocycles. The molecule has 2 aliphatic rings. The summed E-state index contributed by atoms with van der Waals surface area (Å²) in [5.74, 6) is 0.678. The largest absolute Gasteiger partial charge is 0.381 e. The molecule has 2 rings (SSSR count). The second kappa shape index (κ2) is 8.51. The molecule has 0 radical (unpaired) electrons. The SMILES string of the molecule is O=C(NCCCOCC1CCOCC1)C1CCCO1. The summed E-state index contributed by atoms with van der Waals surface area (Å²) in [6.45, 7) is 4.65. The van der Waals surface area contributed by atoms with Gasteiger partial charge in [0.1, 0.15) is 6.10 Å². The highest BCUT2D eigenvalue weighted by Gasteiger charge is 2.22. The molecule has 0 aromatic carbocycles. The average molecular weight is 271 g/mol. The number of hydrogen-bond acceptors (Lipinski definition) is 4. The fraction of sp³-hybridized carbons (Fsp3) is 0.929. The van der Waals surface area contributed by atoms with Crippen LogP contribution in [0.1, 0.15) is 32.1 Å². The molecule has 1 N–H and O–H groups in total. The van der Waals surface area contributed by atoms with E-state index in [0.29, 0.717) is 25.7 Å².